The predicted molar refractivity (Wildman–Crippen MR) is 200 cm³/mol. The Morgan fingerprint density at radius 2 is 1.62 bits per heavy atom. The first-order valence-corrected chi connectivity index (χ1v) is 18.6. The lowest BCUT2D eigenvalue weighted by Crippen LogP contribution is -2.74. The van der Waals surface area contributed by atoms with Gasteiger partial charge in [0.25, 0.3) is 5.91 Å². The number of carbonyl (C=O) groups excluding carboxylic acids is 4. The zero-order chi connectivity index (χ0) is 37.6. The quantitative estimate of drug-likeness (QED) is 0.0355. The van der Waals surface area contributed by atoms with Crippen molar-refractivity contribution in [2.24, 2.45) is 10.6 Å². The van der Waals surface area contributed by atoms with Crippen molar-refractivity contribution in [3.63, 3.8) is 0 Å². The number of β-lactam (4-membered cyclic amide) rings is 1. The van der Waals surface area contributed by atoms with Crippen LogP contribution in [0.2, 0.25) is 0 Å². The topological polar surface area (TPSA) is 172 Å². The zero-order valence-corrected chi connectivity index (χ0v) is 30.5. The number of anilines is 1. The van der Waals surface area contributed by atoms with Gasteiger partial charge in [-0.25, -0.2) is 9.78 Å². The maximum absolute atomic E-state index is 14.1. The van der Waals surface area contributed by atoms with Crippen LogP contribution in [-0.2, 0) is 39.0 Å². The lowest BCUT2D eigenvalue weighted by atomic mass is 9.80. The molecule has 3 unspecified atom stereocenters. The van der Waals surface area contributed by atoms with Crippen molar-refractivity contribution < 1.29 is 38.2 Å². The summed E-state index contributed by atoms with van der Waals surface area (Å²) in [4.78, 5) is 65.0. The summed E-state index contributed by atoms with van der Waals surface area (Å²) in [5.74, 6) is -1.66. The molecule has 15 heteroatoms. The SMILES string of the molecule is C=CC1(C(=O)OC(C)OC(=O)OCC)CS[C@@H]2C(NC(=O)C(=NOC(c3ccccc3)(c3ccccc3)c3ccccc3)c3csc(N)n3)C(=O)N2C1. The lowest BCUT2D eigenvalue weighted by Gasteiger charge is -2.53. The summed E-state index contributed by atoms with van der Waals surface area (Å²) in [7, 11) is 0. The number of rotatable bonds is 13. The van der Waals surface area contributed by atoms with Gasteiger partial charge in [-0.15, -0.1) is 29.7 Å². The molecule has 274 valence electrons. The molecule has 0 aliphatic carbocycles. The molecule has 13 nitrogen and oxygen atoms in total. The van der Waals surface area contributed by atoms with Gasteiger partial charge >= 0.3 is 12.1 Å². The highest BCUT2D eigenvalue weighted by molar-refractivity contribution is 8.00. The monoisotopic (exact) mass is 755 g/mol. The molecular formula is C38H37N5O8S2. The van der Waals surface area contributed by atoms with Crippen molar-refractivity contribution >= 4 is 57.9 Å². The molecule has 6 rings (SSSR count). The zero-order valence-electron chi connectivity index (χ0n) is 28.9. The van der Waals surface area contributed by atoms with Crippen LogP contribution in [0.5, 0.6) is 0 Å². The minimum absolute atomic E-state index is 0.0508. The van der Waals surface area contributed by atoms with Crippen LogP contribution >= 0.6 is 23.1 Å². The third-order valence-corrected chi connectivity index (χ3v) is 11.0. The molecule has 3 heterocycles. The van der Waals surface area contributed by atoms with Crippen molar-refractivity contribution in [1.29, 1.82) is 0 Å². The smallest absolute Gasteiger partial charge is 0.435 e. The van der Waals surface area contributed by atoms with Gasteiger partial charge in [-0.05, 0) is 6.92 Å². The molecule has 1 aromatic heterocycles. The number of fused-ring (bicyclic) bond motifs is 1. The van der Waals surface area contributed by atoms with Crippen LogP contribution < -0.4 is 11.1 Å². The predicted octanol–water partition coefficient (Wildman–Crippen LogP) is 5.07. The molecule has 4 aromatic rings. The summed E-state index contributed by atoms with van der Waals surface area (Å²) in [6.45, 7) is 6.86. The van der Waals surface area contributed by atoms with E-state index in [-0.39, 0.29) is 35.4 Å². The number of thiazole rings is 1. The molecule has 0 saturated carbocycles. The van der Waals surface area contributed by atoms with Crippen LogP contribution in [0.1, 0.15) is 36.2 Å². The van der Waals surface area contributed by atoms with Gasteiger partial charge in [-0.3, -0.25) is 14.4 Å². The van der Waals surface area contributed by atoms with E-state index in [1.165, 1.54) is 29.7 Å². The van der Waals surface area contributed by atoms with Gasteiger partial charge in [0.1, 0.15) is 22.5 Å². The van der Waals surface area contributed by atoms with Crippen molar-refractivity contribution in [2.75, 3.05) is 24.6 Å². The molecule has 2 fully saturated rings. The van der Waals surface area contributed by atoms with Crippen molar-refractivity contribution in [1.82, 2.24) is 15.2 Å². The van der Waals surface area contributed by atoms with Gasteiger partial charge in [0.15, 0.2) is 10.8 Å². The van der Waals surface area contributed by atoms with E-state index in [1.54, 1.807) is 12.3 Å². The number of aromatic nitrogens is 1. The molecule has 3 N–H and O–H groups in total. The van der Waals surface area contributed by atoms with Gasteiger partial charge in [0.05, 0.1) is 6.61 Å². The number of hydrogen-bond donors (Lipinski definition) is 2. The van der Waals surface area contributed by atoms with Crippen molar-refractivity contribution in [3.8, 4) is 0 Å². The lowest BCUT2D eigenvalue weighted by molar-refractivity contribution is -0.179. The number of hydrogen-bond acceptors (Lipinski definition) is 13. The molecule has 2 aliphatic rings. The van der Waals surface area contributed by atoms with E-state index in [0.717, 1.165) is 28.0 Å². The van der Waals surface area contributed by atoms with Gasteiger partial charge < -0.3 is 35.0 Å². The Kier molecular flexibility index (Phi) is 11.1. The summed E-state index contributed by atoms with van der Waals surface area (Å²) < 4.78 is 15.1. The molecule has 0 bridgehead atoms. The first kappa shape index (κ1) is 37.1. The maximum atomic E-state index is 14.1. The van der Waals surface area contributed by atoms with E-state index in [1.807, 2.05) is 91.0 Å². The summed E-state index contributed by atoms with van der Waals surface area (Å²) in [5, 5.41) is 8.63. The maximum Gasteiger partial charge on any atom is 0.511 e. The summed E-state index contributed by atoms with van der Waals surface area (Å²) in [6, 6.07) is 27.7. The van der Waals surface area contributed by atoms with Crippen molar-refractivity contribution in [3.05, 3.63) is 131 Å². The highest BCUT2D eigenvalue weighted by atomic mass is 32.2. The Labute approximate surface area is 314 Å². The van der Waals surface area contributed by atoms with Crippen LogP contribution in [0.4, 0.5) is 9.93 Å². The molecule has 0 spiro atoms. The molecule has 2 saturated heterocycles. The third-order valence-electron chi connectivity index (χ3n) is 8.78. The Bertz CT molecular complexity index is 1900. The molecular weight excluding hydrogens is 719 g/mol. The number of thioether (sulfide) groups is 1. The average Bonchev–Trinajstić information content (AvgIpc) is 3.61. The van der Waals surface area contributed by atoms with E-state index in [4.69, 9.17) is 24.8 Å². The minimum atomic E-state index is -1.29. The number of benzene rings is 3. The van der Waals surface area contributed by atoms with Crippen LogP contribution in [0.25, 0.3) is 0 Å². The molecule has 2 amide bonds. The number of esters is 1. The third kappa shape index (κ3) is 7.48. The normalized spacial score (nSPS) is 20.2. The first-order chi connectivity index (χ1) is 25.6. The van der Waals surface area contributed by atoms with Crippen LogP contribution in [0.3, 0.4) is 0 Å². The van der Waals surface area contributed by atoms with Crippen molar-refractivity contribution in [2.45, 2.75) is 37.2 Å². The van der Waals surface area contributed by atoms with Gasteiger partial charge in [-0.1, -0.05) is 102 Å². The number of nitrogens with one attached hydrogen (secondary N) is 1. The fraction of sp³-hybridized carbons (Fsp3) is 0.263. The number of carbonyl (C=O) groups is 4. The number of nitrogen functional groups attached to an aromatic ring is 1. The number of amides is 2. The van der Waals surface area contributed by atoms with E-state index < -0.39 is 52.7 Å². The highest BCUT2D eigenvalue weighted by Gasteiger charge is 2.57. The van der Waals surface area contributed by atoms with Crippen LogP contribution in [0.15, 0.2) is 114 Å². The number of nitrogens with two attached hydrogens (primary N) is 1. The fourth-order valence-electron chi connectivity index (χ4n) is 6.11. The summed E-state index contributed by atoms with van der Waals surface area (Å²) >= 11 is 2.41. The van der Waals surface area contributed by atoms with Gasteiger partial charge in [0, 0.05) is 41.3 Å². The standard InChI is InChI=1S/C38H37N5O8S2/c1-4-37(34(46)49-24(3)50-36(47)48-5-2)22-43-32(45)30(33(43)53-23-37)41-31(44)29(28-21-52-35(39)40-28)42-51-38(25-15-9-6-10-16-25,26-17-11-7-12-18-26)27-19-13-8-14-20-27/h4,6-21,24,30,33H,1,5,22-23H2,2-3H3,(H2,39,40)(H,41,44)/t24?,30?,33-,37?/m1/s1. The van der Waals surface area contributed by atoms with Crippen LogP contribution in [0, 0.1) is 5.41 Å². The Morgan fingerprint density at radius 3 is 2.13 bits per heavy atom. The second-order valence-corrected chi connectivity index (χ2v) is 14.1. The van der Waals surface area contributed by atoms with E-state index in [2.05, 4.69) is 22.0 Å². The Morgan fingerprint density at radius 1 is 1.04 bits per heavy atom. The number of oxime groups is 1. The number of nitrogens with zero attached hydrogens (tertiary/aromatic N) is 3. The second kappa shape index (κ2) is 15.9. The largest absolute Gasteiger partial charge is 0.511 e. The Balaban J connectivity index is 1.26. The van der Waals surface area contributed by atoms with Gasteiger partial charge in [-0.2, -0.15) is 0 Å². The highest BCUT2D eigenvalue weighted by Crippen LogP contribution is 2.44. The summed E-state index contributed by atoms with van der Waals surface area (Å²) in [5.41, 5.74) is 5.67. The average molecular weight is 756 g/mol. The van der Waals surface area contributed by atoms with Gasteiger partial charge in [0.2, 0.25) is 17.8 Å². The molecule has 3 aromatic carbocycles. The fourth-order valence-corrected chi connectivity index (χ4v) is 8.18. The van der Waals surface area contributed by atoms with Crippen LogP contribution in [-0.4, -0.2) is 76.1 Å². The summed E-state index contributed by atoms with van der Waals surface area (Å²) in [6.07, 6.45) is -0.791. The first-order valence-electron chi connectivity index (χ1n) is 16.7. The molecule has 53 heavy (non-hydrogen) atoms. The van der Waals surface area contributed by atoms with E-state index >= 15 is 0 Å². The molecule has 4 atom stereocenters. The van der Waals surface area contributed by atoms with E-state index in [9.17, 15) is 19.2 Å². The Hall–Kier alpha value is -5.67. The second-order valence-electron chi connectivity index (χ2n) is 12.1. The molecule has 2 aliphatic heterocycles. The number of ether oxygens (including phenoxy) is 3. The van der Waals surface area contributed by atoms with E-state index in [0.29, 0.717) is 0 Å². The molecule has 0 radical (unpaired) electrons. The minimum Gasteiger partial charge on any atom is -0.435 e.